The first kappa shape index (κ1) is 14.1. The van der Waals surface area contributed by atoms with Crippen molar-refractivity contribution in [3.63, 3.8) is 0 Å². The lowest BCUT2D eigenvalue weighted by Crippen LogP contribution is -2.36. The van der Waals surface area contributed by atoms with Crippen LogP contribution in [0.15, 0.2) is 40.9 Å². The lowest BCUT2D eigenvalue weighted by molar-refractivity contribution is 0.0984. The summed E-state index contributed by atoms with van der Waals surface area (Å²) in [5.41, 5.74) is 9.02. The maximum atomic E-state index is 13.2. The number of carbonyl (C=O) groups excluding carboxylic acids is 1. The number of rotatable bonds is 1. The molecule has 0 saturated heterocycles. The number of nitrogens with two attached hydrogens (primary N) is 1. The van der Waals surface area contributed by atoms with E-state index in [2.05, 4.69) is 15.9 Å². The third-order valence-corrected chi connectivity index (χ3v) is 4.35. The molecule has 3 nitrogen and oxygen atoms in total. The van der Waals surface area contributed by atoms with E-state index in [9.17, 15) is 9.18 Å². The molecule has 1 aliphatic rings. The quantitative estimate of drug-likeness (QED) is 0.797. The molecule has 0 saturated carbocycles. The molecule has 3 rings (SSSR count). The Hall–Kier alpha value is -1.88. The molecule has 0 spiro atoms. The highest BCUT2D eigenvalue weighted by Gasteiger charge is 2.25. The highest BCUT2D eigenvalue weighted by molar-refractivity contribution is 9.10. The molecule has 108 valence electrons. The standard InChI is InChI=1S/C16H14BrFN2O/c17-13-9-10(18)6-7-11(13)16(21)20-8-2-3-12-14(19)4-1-5-15(12)20/h1,4-7,9H,2-3,8,19H2. The number of fused-ring (bicyclic) bond motifs is 1. The summed E-state index contributed by atoms with van der Waals surface area (Å²) in [5.74, 6) is -0.518. The van der Waals surface area contributed by atoms with Crippen LogP contribution < -0.4 is 10.6 Å². The molecule has 1 amide bonds. The molecule has 2 N–H and O–H groups in total. The lowest BCUT2D eigenvalue weighted by atomic mass is 9.99. The van der Waals surface area contributed by atoms with Crippen LogP contribution in [0, 0.1) is 5.82 Å². The molecule has 5 heteroatoms. The first-order chi connectivity index (χ1) is 10.1. The Labute approximate surface area is 130 Å². The summed E-state index contributed by atoms with van der Waals surface area (Å²) in [5, 5.41) is 0. The van der Waals surface area contributed by atoms with Crippen molar-refractivity contribution in [2.45, 2.75) is 12.8 Å². The van der Waals surface area contributed by atoms with Crippen LogP contribution in [0.5, 0.6) is 0 Å². The predicted molar refractivity (Wildman–Crippen MR) is 85.0 cm³/mol. The van der Waals surface area contributed by atoms with Gasteiger partial charge in [-0.05, 0) is 64.7 Å². The monoisotopic (exact) mass is 348 g/mol. The number of amides is 1. The minimum Gasteiger partial charge on any atom is -0.398 e. The van der Waals surface area contributed by atoms with E-state index in [0.29, 0.717) is 22.3 Å². The first-order valence-electron chi connectivity index (χ1n) is 6.72. The van der Waals surface area contributed by atoms with Gasteiger partial charge < -0.3 is 10.6 Å². The molecule has 1 aliphatic heterocycles. The van der Waals surface area contributed by atoms with E-state index in [1.54, 1.807) is 4.90 Å². The fourth-order valence-corrected chi connectivity index (χ4v) is 3.19. The number of anilines is 2. The van der Waals surface area contributed by atoms with Crippen molar-refractivity contribution < 1.29 is 9.18 Å². The van der Waals surface area contributed by atoms with Crippen LogP contribution in [0.4, 0.5) is 15.8 Å². The number of halogens is 2. The zero-order valence-electron chi connectivity index (χ0n) is 11.3. The van der Waals surface area contributed by atoms with Crippen molar-refractivity contribution in [1.29, 1.82) is 0 Å². The lowest BCUT2D eigenvalue weighted by Gasteiger charge is -2.30. The molecule has 0 radical (unpaired) electrons. The maximum Gasteiger partial charge on any atom is 0.259 e. The SMILES string of the molecule is Nc1cccc2c1CCCN2C(=O)c1ccc(F)cc1Br. The largest absolute Gasteiger partial charge is 0.398 e. The zero-order valence-corrected chi connectivity index (χ0v) is 12.9. The van der Waals surface area contributed by atoms with Crippen molar-refractivity contribution in [3.05, 3.63) is 57.8 Å². The van der Waals surface area contributed by atoms with Crippen LogP contribution >= 0.6 is 15.9 Å². The molecule has 2 aromatic carbocycles. The van der Waals surface area contributed by atoms with E-state index in [0.717, 1.165) is 24.1 Å². The van der Waals surface area contributed by atoms with Crippen LogP contribution in [0.3, 0.4) is 0 Å². The minimum absolute atomic E-state index is 0.145. The van der Waals surface area contributed by atoms with Crippen molar-refractivity contribution in [2.75, 3.05) is 17.2 Å². The Morgan fingerprint density at radius 3 is 2.86 bits per heavy atom. The molecule has 0 aromatic heterocycles. The van der Waals surface area contributed by atoms with Crippen LogP contribution in [-0.4, -0.2) is 12.5 Å². The van der Waals surface area contributed by atoms with Gasteiger partial charge >= 0.3 is 0 Å². The number of hydrogen-bond acceptors (Lipinski definition) is 2. The van der Waals surface area contributed by atoms with E-state index in [1.165, 1.54) is 18.2 Å². The number of carbonyl (C=O) groups is 1. The van der Waals surface area contributed by atoms with Gasteiger partial charge in [-0.25, -0.2) is 4.39 Å². The second kappa shape index (κ2) is 5.48. The van der Waals surface area contributed by atoms with Gasteiger partial charge in [0.2, 0.25) is 0 Å². The average molecular weight is 349 g/mol. The van der Waals surface area contributed by atoms with E-state index in [-0.39, 0.29) is 11.7 Å². The first-order valence-corrected chi connectivity index (χ1v) is 7.51. The molecule has 0 aliphatic carbocycles. The third kappa shape index (κ3) is 2.53. The van der Waals surface area contributed by atoms with E-state index < -0.39 is 0 Å². The second-order valence-corrected chi connectivity index (χ2v) is 5.88. The summed E-state index contributed by atoms with van der Waals surface area (Å²) in [6.07, 6.45) is 1.74. The van der Waals surface area contributed by atoms with Crippen LogP contribution in [0.25, 0.3) is 0 Å². The minimum atomic E-state index is -0.373. The summed E-state index contributed by atoms with van der Waals surface area (Å²) < 4.78 is 13.6. The Kier molecular flexibility index (Phi) is 3.68. The smallest absolute Gasteiger partial charge is 0.259 e. The van der Waals surface area contributed by atoms with Crippen LogP contribution in [0.1, 0.15) is 22.3 Å². The molecule has 21 heavy (non-hydrogen) atoms. The van der Waals surface area contributed by atoms with Gasteiger partial charge in [-0.2, -0.15) is 0 Å². The van der Waals surface area contributed by atoms with Gasteiger partial charge in [-0.15, -0.1) is 0 Å². The Balaban J connectivity index is 2.02. The van der Waals surface area contributed by atoms with E-state index >= 15 is 0 Å². The summed E-state index contributed by atoms with van der Waals surface area (Å²) in [4.78, 5) is 14.5. The topological polar surface area (TPSA) is 46.3 Å². The fourth-order valence-electron chi connectivity index (χ4n) is 2.67. The van der Waals surface area contributed by atoms with Crippen molar-refractivity contribution in [3.8, 4) is 0 Å². The molecule has 0 unspecified atom stereocenters. The molecule has 1 heterocycles. The van der Waals surface area contributed by atoms with Crippen molar-refractivity contribution in [1.82, 2.24) is 0 Å². The number of nitrogens with zero attached hydrogens (tertiary/aromatic N) is 1. The molecular formula is C16H14BrFN2O. The van der Waals surface area contributed by atoms with Gasteiger partial charge in [0, 0.05) is 22.4 Å². The Bertz CT molecular complexity index is 717. The predicted octanol–water partition coefficient (Wildman–Crippen LogP) is 3.76. The normalized spacial score (nSPS) is 13.9. The average Bonchev–Trinajstić information content (AvgIpc) is 2.46. The van der Waals surface area contributed by atoms with Crippen molar-refractivity contribution >= 4 is 33.2 Å². The van der Waals surface area contributed by atoms with Crippen molar-refractivity contribution in [2.24, 2.45) is 0 Å². The Morgan fingerprint density at radius 2 is 2.10 bits per heavy atom. The van der Waals surface area contributed by atoms with Gasteiger partial charge in [0.15, 0.2) is 0 Å². The summed E-state index contributed by atoms with van der Waals surface area (Å²) >= 11 is 3.26. The second-order valence-electron chi connectivity index (χ2n) is 5.03. The number of hydrogen-bond donors (Lipinski definition) is 1. The number of benzene rings is 2. The number of nitrogen functional groups attached to an aromatic ring is 1. The van der Waals surface area contributed by atoms with E-state index in [4.69, 9.17) is 5.73 Å². The summed E-state index contributed by atoms with van der Waals surface area (Å²) in [6, 6.07) is 9.70. The summed E-state index contributed by atoms with van der Waals surface area (Å²) in [6.45, 7) is 0.638. The molecule has 0 atom stereocenters. The van der Waals surface area contributed by atoms with Gasteiger partial charge in [0.25, 0.3) is 5.91 Å². The van der Waals surface area contributed by atoms with Crippen LogP contribution in [0.2, 0.25) is 0 Å². The van der Waals surface area contributed by atoms with Gasteiger partial charge in [0.05, 0.1) is 5.56 Å². The third-order valence-electron chi connectivity index (χ3n) is 3.69. The molecule has 2 aromatic rings. The summed E-state index contributed by atoms with van der Waals surface area (Å²) in [7, 11) is 0. The maximum absolute atomic E-state index is 13.2. The van der Waals surface area contributed by atoms with Crippen LogP contribution in [-0.2, 0) is 6.42 Å². The van der Waals surface area contributed by atoms with Gasteiger partial charge in [-0.1, -0.05) is 6.07 Å². The van der Waals surface area contributed by atoms with Gasteiger partial charge in [-0.3, -0.25) is 4.79 Å². The highest BCUT2D eigenvalue weighted by atomic mass is 79.9. The molecule has 0 fully saturated rings. The van der Waals surface area contributed by atoms with E-state index in [1.807, 2.05) is 18.2 Å². The fraction of sp³-hybridized carbons (Fsp3) is 0.188. The highest BCUT2D eigenvalue weighted by Crippen LogP contribution is 2.33. The Morgan fingerprint density at radius 1 is 1.29 bits per heavy atom. The molecular weight excluding hydrogens is 335 g/mol. The zero-order chi connectivity index (χ0) is 15.0. The van der Waals surface area contributed by atoms with Gasteiger partial charge in [0.1, 0.15) is 5.82 Å². The molecule has 0 bridgehead atoms.